The smallest absolute Gasteiger partial charge is 0.187 e. The van der Waals surface area contributed by atoms with Gasteiger partial charge in [-0.1, -0.05) is 96.5 Å². The van der Waals surface area contributed by atoms with Crippen LogP contribution in [0.1, 0.15) is 114 Å². The third kappa shape index (κ3) is 10.8. The molecule has 0 aliphatic heterocycles. The number of hydrogen-bond donors (Lipinski definition) is 1. The molecule has 1 aromatic rings. The van der Waals surface area contributed by atoms with Gasteiger partial charge in [-0.25, -0.2) is 0 Å². The standard InChI is InChI=1S/C25H43NO2/c1-3-4-5-6-7-8-9-10-11-12-13-14-15-16-17-18-20-26-21-19-25(28)24(22-27)23(26)2/h18-21,27H,3-17,22H2,1-2H3. The van der Waals surface area contributed by atoms with Gasteiger partial charge in [-0.15, -0.1) is 0 Å². The first kappa shape index (κ1) is 24.7. The fourth-order valence-corrected chi connectivity index (χ4v) is 3.69. The van der Waals surface area contributed by atoms with Gasteiger partial charge in [0.15, 0.2) is 5.43 Å². The number of aromatic nitrogens is 1. The Morgan fingerprint density at radius 3 is 1.86 bits per heavy atom. The summed E-state index contributed by atoms with van der Waals surface area (Å²) in [6.07, 6.45) is 26.4. The lowest BCUT2D eigenvalue weighted by Crippen LogP contribution is -2.13. The zero-order chi connectivity index (χ0) is 20.5. The van der Waals surface area contributed by atoms with Gasteiger partial charge < -0.3 is 9.67 Å². The van der Waals surface area contributed by atoms with Crippen LogP contribution in [0.15, 0.2) is 23.1 Å². The zero-order valence-corrected chi connectivity index (χ0v) is 18.4. The van der Waals surface area contributed by atoms with E-state index < -0.39 is 0 Å². The second-order valence-electron chi connectivity index (χ2n) is 8.08. The second-order valence-corrected chi connectivity index (χ2v) is 8.08. The lowest BCUT2D eigenvalue weighted by atomic mass is 10.0. The van der Waals surface area contributed by atoms with Crippen molar-refractivity contribution in [3.8, 4) is 0 Å². The van der Waals surface area contributed by atoms with Crippen LogP contribution in [-0.4, -0.2) is 9.67 Å². The maximum Gasteiger partial charge on any atom is 0.187 e. The van der Waals surface area contributed by atoms with Crippen molar-refractivity contribution < 1.29 is 5.11 Å². The molecule has 0 amide bonds. The molecule has 0 aliphatic carbocycles. The molecule has 0 radical (unpaired) electrons. The van der Waals surface area contributed by atoms with Gasteiger partial charge in [-0.05, 0) is 19.8 Å². The highest BCUT2D eigenvalue weighted by molar-refractivity contribution is 5.31. The molecule has 1 rings (SSSR count). The van der Waals surface area contributed by atoms with Gasteiger partial charge in [0.05, 0.1) is 6.61 Å². The molecule has 0 saturated heterocycles. The molecule has 0 aliphatic rings. The Kier molecular flexibility index (Phi) is 14.6. The predicted octanol–water partition coefficient (Wildman–Crippen LogP) is 6.99. The van der Waals surface area contributed by atoms with E-state index in [2.05, 4.69) is 13.0 Å². The Bertz CT molecular complexity index is 589. The molecule has 0 spiro atoms. The number of nitrogens with zero attached hydrogens (tertiary/aromatic N) is 1. The molecule has 3 nitrogen and oxygen atoms in total. The first-order valence-corrected chi connectivity index (χ1v) is 11.7. The Morgan fingerprint density at radius 1 is 0.857 bits per heavy atom. The molecule has 0 fully saturated rings. The Morgan fingerprint density at radius 2 is 1.36 bits per heavy atom. The van der Waals surface area contributed by atoms with Crippen LogP contribution in [0, 0.1) is 6.92 Å². The van der Waals surface area contributed by atoms with E-state index in [1.54, 1.807) is 6.20 Å². The van der Waals surface area contributed by atoms with Crippen LogP contribution in [0.3, 0.4) is 0 Å². The number of rotatable bonds is 17. The molecule has 0 atom stereocenters. The summed E-state index contributed by atoms with van der Waals surface area (Å²) < 4.78 is 1.93. The molecule has 1 N–H and O–H groups in total. The molecular formula is C25H43NO2. The molecule has 160 valence electrons. The normalized spacial score (nSPS) is 11.5. The van der Waals surface area contributed by atoms with E-state index in [4.69, 9.17) is 0 Å². The van der Waals surface area contributed by atoms with Gasteiger partial charge in [0.1, 0.15) is 0 Å². The number of aliphatic hydroxyl groups excluding tert-OH is 1. The average Bonchev–Trinajstić information content (AvgIpc) is 2.69. The highest BCUT2D eigenvalue weighted by Crippen LogP contribution is 2.13. The Labute approximate surface area is 172 Å². The van der Waals surface area contributed by atoms with E-state index in [0.29, 0.717) is 5.56 Å². The van der Waals surface area contributed by atoms with Crippen LogP contribution in [0.2, 0.25) is 0 Å². The second kappa shape index (κ2) is 16.6. The SMILES string of the molecule is CCCCCCCCCCCCCCCCC=Cn1ccc(=O)c(CO)c1C. The van der Waals surface area contributed by atoms with E-state index in [1.807, 2.05) is 17.7 Å². The Balaban J connectivity index is 1.97. The monoisotopic (exact) mass is 389 g/mol. The first-order chi connectivity index (χ1) is 13.7. The van der Waals surface area contributed by atoms with Gasteiger partial charge in [-0.2, -0.15) is 0 Å². The van der Waals surface area contributed by atoms with Gasteiger partial charge in [0, 0.05) is 29.7 Å². The van der Waals surface area contributed by atoms with Crippen LogP contribution < -0.4 is 5.43 Å². The fraction of sp³-hybridized carbons (Fsp3) is 0.720. The summed E-state index contributed by atoms with van der Waals surface area (Å²) in [6, 6.07) is 1.52. The first-order valence-electron chi connectivity index (χ1n) is 11.7. The number of allylic oxidation sites excluding steroid dienone is 1. The van der Waals surface area contributed by atoms with Crippen LogP contribution in [-0.2, 0) is 6.61 Å². The van der Waals surface area contributed by atoms with Crippen LogP contribution in [0.25, 0.3) is 6.20 Å². The molecule has 1 aromatic heterocycles. The molecule has 0 saturated carbocycles. The molecule has 0 bridgehead atoms. The Hall–Kier alpha value is -1.35. The molecule has 0 unspecified atom stereocenters. The molecule has 0 aromatic carbocycles. The summed E-state index contributed by atoms with van der Waals surface area (Å²) in [5, 5.41) is 9.30. The van der Waals surface area contributed by atoms with E-state index in [9.17, 15) is 9.90 Å². The summed E-state index contributed by atoms with van der Waals surface area (Å²) in [7, 11) is 0. The molecular weight excluding hydrogens is 346 g/mol. The lowest BCUT2D eigenvalue weighted by molar-refractivity contribution is 0.279. The van der Waals surface area contributed by atoms with Gasteiger partial charge in [0.2, 0.25) is 0 Å². The van der Waals surface area contributed by atoms with Crippen molar-refractivity contribution in [2.45, 2.75) is 117 Å². The van der Waals surface area contributed by atoms with Crippen LogP contribution in [0.5, 0.6) is 0 Å². The molecule has 3 heteroatoms. The summed E-state index contributed by atoms with van der Waals surface area (Å²) in [4.78, 5) is 11.6. The van der Waals surface area contributed by atoms with E-state index in [1.165, 1.54) is 96.0 Å². The lowest BCUT2D eigenvalue weighted by Gasteiger charge is -2.08. The third-order valence-corrected chi connectivity index (χ3v) is 5.66. The molecule has 28 heavy (non-hydrogen) atoms. The van der Waals surface area contributed by atoms with Crippen molar-refractivity contribution in [2.75, 3.05) is 0 Å². The van der Waals surface area contributed by atoms with Crippen LogP contribution >= 0.6 is 0 Å². The van der Waals surface area contributed by atoms with E-state index in [-0.39, 0.29) is 12.0 Å². The minimum absolute atomic E-state index is 0.0865. The van der Waals surface area contributed by atoms with Gasteiger partial charge in [0.25, 0.3) is 0 Å². The summed E-state index contributed by atoms with van der Waals surface area (Å²) in [5.74, 6) is 0. The number of aliphatic hydroxyl groups is 1. The summed E-state index contributed by atoms with van der Waals surface area (Å²) in [5.41, 5.74) is 1.23. The number of unbranched alkanes of at least 4 members (excludes halogenated alkanes) is 14. The van der Waals surface area contributed by atoms with Crippen molar-refractivity contribution in [3.05, 3.63) is 39.8 Å². The number of pyridine rings is 1. The zero-order valence-electron chi connectivity index (χ0n) is 18.4. The molecule has 1 heterocycles. The topological polar surface area (TPSA) is 42.2 Å². The van der Waals surface area contributed by atoms with Gasteiger partial charge in [-0.3, -0.25) is 4.79 Å². The predicted molar refractivity (Wildman–Crippen MR) is 122 cm³/mol. The number of hydrogen-bond acceptors (Lipinski definition) is 2. The van der Waals surface area contributed by atoms with Crippen molar-refractivity contribution in [1.29, 1.82) is 0 Å². The fourth-order valence-electron chi connectivity index (χ4n) is 3.69. The summed E-state index contributed by atoms with van der Waals surface area (Å²) >= 11 is 0. The van der Waals surface area contributed by atoms with Crippen molar-refractivity contribution in [1.82, 2.24) is 4.57 Å². The maximum atomic E-state index is 11.6. The maximum absolute atomic E-state index is 11.6. The van der Waals surface area contributed by atoms with Crippen molar-refractivity contribution in [2.24, 2.45) is 0 Å². The third-order valence-electron chi connectivity index (χ3n) is 5.66. The minimum atomic E-state index is -0.196. The average molecular weight is 390 g/mol. The van der Waals surface area contributed by atoms with Gasteiger partial charge >= 0.3 is 0 Å². The largest absolute Gasteiger partial charge is 0.391 e. The minimum Gasteiger partial charge on any atom is -0.391 e. The highest BCUT2D eigenvalue weighted by atomic mass is 16.3. The van der Waals surface area contributed by atoms with Crippen LogP contribution in [0.4, 0.5) is 0 Å². The van der Waals surface area contributed by atoms with Crippen molar-refractivity contribution >= 4 is 6.20 Å². The highest BCUT2D eigenvalue weighted by Gasteiger charge is 2.03. The van der Waals surface area contributed by atoms with E-state index >= 15 is 0 Å². The quantitative estimate of drug-likeness (QED) is 0.292. The summed E-state index contributed by atoms with van der Waals surface area (Å²) in [6.45, 7) is 3.96. The van der Waals surface area contributed by atoms with Crippen molar-refractivity contribution in [3.63, 3.8) is 0 Å². The van der Waals surface area contributed by atoms with E-state index in [0.717, 1.165) is 12.1 Å².